The van der Waals surface area contributed by atoms with E-state index in [0.29, 0.717) is 24.8 Å². The van der Waals surface area contributed by atoms with Crippen LogP contribution in [0.3, 0.4) is 0 Å². The van der Waals surface area contributed by atoms with E-state index < -0.39 is 5.97 Å². The zero-order valence-electron chi connectivity index (χ0n) is 8.48. The third-order valence-corrected chi connectivity index (χ3v) is 3.23. The van der Waals surface area contributed by atoms with Gasteiger partial charge >= 0.3 is 5.97 Å². The molecule has 4 heteroatoms. The summed E-state index contributed by atoms with van der Waals surface area (Å²) in [6.45, 7) is 0.536. The van der Waals surface area contributed by atoms with Crippen LogP contribution in [-0.4, -0.2) is 23.7 Å². The van der Waals surface area contributed by atoms with Crippen LogP contribution >= 0.6 is 0 Å². The lowest BCUT2D eigenvalue weighted by atomic mass is 9.77. The lowest BCUT2D eigenvalue weighted by molar-refractivity contribution is -0.138. The molecule has 0 aromatic rings. The molecule has 5 N–H and O–H groups in total. The van der Waals surface area contributed by atoms with Gasteiger partial charge in [-0.15, -0.1) is 0 Å². The van der Waals surface area contributed by atoms with E-state index in [4.69, 9.17) is 16.6 Å². The van der Waals surface area contributed by atoms with E-state index >= 15 is 0 Å². The first-order valence-corrected chi connectivity index (χ1v) is 5.31. The first-order chi connectivity index (χ1) is 6.63. The fraction of sp³-hybridized carbons (Fsp3) is 0.900. The van der Waals surface area contributed by atoms with Crippen molar-refractivity contribution in [3.63, 3.8) is 0 Å². The second-order valence-electron chi connectivity index (χ2n) is 4.28. The van der Waals surface area contributed by atoms with Crippen molar-refractivity contribution in [3.8, 4) is 0 Å². The summed E-state index contributed by atoms with van der Waals surface area (Å²) in [6.07, 6.45) is 4.37. The van der Waals surface area contributed by atoms with Gasteiger partial charge in [0.25, 0.3) is 0 Å². The van der Waals surface area contributed by atoms with Crippen molar-refractivity contribution in [1.29, 1.82) is 0 Å². The molecule has 1 aliphatic rings. The van der Waals surface area contributed by atoms with Gasteiger partial charge in [-0.3, -0.25) is 4.79 Å². The summed E-state index contributed by atoms with van der Waals surface area (Å²) in [6, 6.07) is 0.0979. The molecule has 4 nitrogen and oxygen atoms in total. The zero-order valence-corrected chi connectivity index (χ0v) is 8.48. The largest absolute Gasteiger partial charge is 0.481 e. The second-order valence-corrected chi connectivity index (χ2v) is 4.28. The molecule has 0 aliphatic heterocycles. The number of carbonyl (C=O) groups is 1. The average molecular weight is 200 g/mol. The second kappa shape index (κ2) is 5.32. The highest BCUT2D eigenvalue weighted by Crippen LogP contribution is 2.31. The summed E-state index contributed by atoms with van der Waals surface area (Å²) in [7, 11) is 0. The van der Waals surface area contributed by atoms with Crippen molar-refractivity contribution in [2.24, 2.45) is 23.3 Å². The van der Waals surface area contributed by atoms with Gasteiger partial charge < -0.3 is 16.6 Å². The minimum Gasteiger partial charge on any atom is -0.481 e. The van der Waals surface area contributed by atoms with Crippen LogP contribution in [0, 0.1) is 11.8 Å². The molecule has 0 bridgehead atoms. The molecule has 1 fully saturated rings. The molecular formula is C10H20N2O2. The molecule has 0 heterocycles. The molecule has 0 aromatic heterocycles. The minimum absolute atomic E-state index is 0.0979. The Hall–Kier alpha value is -0.610. The Kier molecular flexibility index (Phi) is 4.35. The Morgan fingerprint density at radius 1 is 1.36 bits per heavy atom. The lowest BCUT2D eigenvalue weighted by Crippen LogP contribution is -2.39. The highest BCUT2D eigenvalue weighted by molar-refractivity contribution is 5.67. The van der Waals surface area contributed by atoms with Gasteiger partial charge in [-0.25, -0.2) is 0 Å². The van der Waals surface area contributed by atoms with Gasteiger partial charge in [-0.05, 0) is 37.5 Å². The predicted octanol–water partition coefficient (Wildman–Crippen LogP) is 0.553. The first kappa shape index (κ1) is 11.5. The molecule has 1 unspecified atom stereocenters. The number of carboxylic acids is 1. The monoisotopic (exact) mass is 200 g/mol. The van der Waals surface area contributed by atoms with Gasteiger partial charge in [0.05, 0.1) is 0 Å². The van der Waals surface area contributed by atoms with Crippen LogP contribution in [0.15, 0.2) is 0 Å². The number of hydrogen-bond donors (Lipinski definition) is 3. The van der Waals surface area contributed by atoms with E-state index in [0.717, 1.165) is 25.7 Å². The van der Waals surface area contributed by atoms with Gasteiger partial charge in [0.15, 0.2) is 0 Å². The van der Waals surface area contributed by atoms with E-state index in [2.05, 4.69) is 0 Å². The van der Waals surface area contributed by atoms with E-state index in [1.54, 1.807) is 0 Å². The molecule has 0 aromatic carbocycles. The van der Waals surface area contributed by atoms with Crippen LogP contribution in [0.25, 0.3) is 0 Å². The molecule has 0 saturated heterocycles. The number of nitrogens with two attached hydrogens (primary N) is 2. The standard InChI is InChI=1S/C10H20N2O2/c11-6-9(12)8-3-1-7(2-4-8)5-10(13)14/h7-9H,1-6,11-12H2,(H,13,14). The third kappa shape index (κ3) is 3.27. The Bertz CT molecular complexity index is 189. The zero-order chi connectivity index (χ0) is 10.6. The van der Waals surface area contributed by atoms with Crippen LogP contribution in [0.2, 0.25) is 0 Å². The molecule has 0 spiro atoms. The van der Waals surface area contributed by atoms with Gasteiger partial charge in [0.2, 0.25) is 0 Å². The van der Waals surface area contributed by atoms with Crippen molar-refractivity contribution in [1.82, 2.24) is 0 Å². The summed E-state index contributed by atoms with van der Waals surface area (Å²) in [5.74, 6) is 0.176. The van der Waals surface area contributed by atoms with Crippen molar-refractivity contribution in [2.45, 2.75) is 38.1 Å². The van der Waals surface area contributed by atoms with Crippen LogP contribution in [0.4, 0.5) is 0 Å². The molecule has 14 heavy (non-hydrogen) atoms. The minimum atomic E-state index is -0.684. The Morgan fingerprint density at radius 3 is 2.36 bits per heavy atom. The molecule has 1 rings (SSSR count). The first-order valence-electron chi connectivity index (χ1n) is 5.31. The number of carboxylic acid groups (broad SMARTS) is 1. The molecule has 1 aliphatic carbocycles. The number of aliphatic carboxylic acids is 1. The molecule has 0 amide bonds. The topological polar surface area (TPSA) is 89.3 Å². The summed E-state index contributed by atoms with van der Waals surface area (Å²) in [5, 5.41) is 8.64. The normalized spacial score (nSPS) is 29.9. The predicted molar refractivity (Wildman–Crippen MR) is 54.7 cm³/mol. The highest BCUT2D eigenvalue weighted by atomic mass is 16.4. The third-order valence-electron chi connectivity index (χ3n) is 3.23. The Morgan fingerprint density at radius 2 is 1.93 bits per heavy atom. The molecule has 0 radical (unpaired) electrons. The SMILES string of the molecule is NCC(N)C1CCC(CC(=O)O)CC1. The van der Waals surface area contributed by atoms with Crippen LogP contribution < -0.4 is 11.5 Å². The van der Waals surface area contributed by atoms with Crippen LogP contribution in [0.5, 0.6) is 0 Å². The van der Waals surface area contributed by atoms with Gasteiger partial charge in [0, 0.05) is 19.0 Å². The summed E-state index contributed by atoms with van der Waals surface area (Å²) >= 11 is 0. The summed E-state index contributed by atoms with van der Waals surface area (Å²) in [4.78, 5) is 10.5. The fourth-order valence-corrected chi connectivity index (χ4v) is 2.26. The average Bonchev–Trinajstić information content (AvgIpc) is 2.17. The summed E-state index contributed by atoms with van der Waals surface area (Å²) in [5.41, 5.74) is 11.4. The van der Waals surface area contributed by atoms with Crippen molar-refractivity contribution < 1.29 is 9.90 Å². The number of rotatable bonds is 4. The van der Waals surface area contributed by atoms with E-state index in [1.807, 2.05) is 0 Å². The molecule has 82 valence electrons. The molecular weight excluding hydrogens is 180 g/mol. The molecule has 1 atom stereocenters. The highest BCUT2D eigenvalue weighted by Gasteiger charge is 2.25. The van der Waals surface area contributed by atoms with E-state index in [1.165, 1.54) is 0 Å². The fourth-order valence-electron chi connectivity index (χ4n) is 2.26. The maximum absolute atomic E-state index is 10.5. The molecule has 1 saturated carbocycles. The summed E-state index contributed by atoms with van der Waals surface area (Å²) < 4.78 is 0. The quantitative estimate of drug-likeness (QED) is 0.618. The van der Waals surface area contributed by atoms with Gasteiger partial charge in [0.1, 0.15) is 0 Å². The van der Waals surface area contributed by atoms with Gasteiger partial charge in [-0.2, -0.15) is 0 Å². The maximum atomic E-state index is 10.5. The smallest absolute Gasteiger partial charge is 0.303 e. The maximum Gasteiger partial charge on any atom is 0.303 e. The number of hydrogen-bond acceptors (Lipinski definition) is 3. The Balaban J connectivity index is 2.27. The Labute approximate surface area is 84.7 Å². The van der Waals surface area contributed by atoms with Crippen molar-refractivity contribution in [3.05, 3.63) is 0 Å². The van der Waals surface area contributed by atoms with Crippen LogP contribution in [0.1, 0.15) is 32.1 Å². The van der Waals surface area contributed by atoms with Gasteiger partial charge in [-0.1, -0.05) is 0 Å². The van der Waals surface area contributed by atoms with Crippen LogP contribution in [-0.2, 0) is 4.79 Å². The van der Waals surface area contributed by atoms with Crippen molar-refractivity contribution in [2.75, 3.05) is 6.54 Å². The van der Waals surface area contributed by atoms with E-state index in [-0.39, 0.29) is 6.04 Å². The van der Waals surface area contributed by atoms with Crippen molar-refractivity contribution >= 4 is 5.97 Å². The van der Waals surface area contributed by atoms with E-state index in [9.17, 15) is 4.79 Å². The lowest BCUT2D eigenvalue weighted by Gasteiger charge is -2.30.